The number of piperazine rings is 1. The van der Waals surface area contributed by atoms with Crippen LogP contribution in [0.25, 0.3) is 0 Å². The minimum Gasteiger partial charge on any atom is -0.371 e. The molecule has 0 saturated carbocycles. The lowest BCUT2D eigenvalue weighted by molar-refractivity contribution is -0.136. The number of carbonyl (C=O) groups is 5. The van der Waals surface area contributed by atoms with Crippen LogP contribution in [0, 0.1) is 33.5 Å². The van der Waals surface area contributed by atoms with Crippen molar-refractivity contribution in [2.75, 3.05) is 80.1 Å². The highest BCUT2D eigenvalue weighted by Crippen LogP contribution is 2.48. The van der Waals surface area contributed by atoms with E-state index in [1.54, 1.807) is 24.3 Å². The summed E-state index contributed by atoms with van der Waals surface area (Å²) in [5, 5.41) is 22.3. The molecule has 9 rings (SSSR count). The summed E-state index contributed by atoms with van der Waals surface area (Å²) in [6, 6.07) is 22.7. The Balaban J connectivity index is 0.748. The fraction of sp³-hybridized carbons (Fsp3) is 0.444. The molecule has 5 amide bonds. The zero-order valence-electron chi connectivity index (χ0n) is 33.5. The van der Waals surface area contributed by atoms with E-state index in [2.05, 4.69) is 51.2 Å². The van der Waals surface area contributed by atoms with Gasteiger partial charge in [-0.05, 0) is 98.7 Å². The van der Waals surface area contributed by atoms with Crippen molar-refractivity contribution in [2.45, 2.75) is 51.1 Å². The third-order valence-corrected chi connectivity index (χ3v) is 14.4. The normalized spacial score (nSPS) is 23.6. The highest BCUT2D eigenvalue weighted by Gasteiger charge is 2.49. The number of nitrogens with zero attached hydrogens (tertiary/aromatic N) is 8. The number of imide groups is 2. The number of anilines is 3. The largest absolute Gasteiger partial charge is 0.371 e. The predicted molar refractivity (Wildman–Crippen MR) is 224 cm³/mol. The van der Waals surface area contributed by atoms with Gasteiger partial charge >= 0.3 is 0 Å². The van der Waals surface area contributed by atoms with Crippen LogP contribution < -0.4 is 20.0 Å². The molecule has 60 heavy (non-hydrogen) atoms. The standard InChI is InChI=1S/C45H46ClN9O5/c1-29-45(14-17-54(29)34-7-4-31(24-47)37(46)23-34)12-15-51(16-13-45)32-5-2-30(3-6-32)41(58)52-20-18-50(19-21-52)26-44(25-48)27-53(28-44)33-8-9-35-36(22-33)43(60)55(42(35)59)38-10-11-39(56)49-40(38)57/h2-9,22-23,29,38H,10-21,26-28H2,1H3,(H,49,56,57). The number of amides is 5. The summed E-state index contributed by atoms with van der Waals surface area (Å²) in [5.41, 5.74) is 4.11. The first-order chi connectivity index (χ1) is 28.9. The lowest BCUT2D eigenvalue weighted by atomic mass is 9.73. The first-order valence-electron chi connectivity index (χ1n) is 20.8. The molecule has 2 atom stereocenters. The quantitative estimate of drug-likeness (QED) is 0.338. The lowest BCUT2D eigenvalue weighted by Crippen LogP contribution is -2.62. The van der Waals surface area contributed by atoms with E-state index < -0.39 is 35.1 Å². The van der Waals surface area contributed by atoms with Gasteiger partial charge in [0.15, 0.2) is 0 Å². The minimum absolute atomic E-state index is 0.00667. The Labute approximate surface area is 353 Å². The van der Waals surface area contributed by atoms with Crippen molar-refractivity contribution in [2.24, 2.45) is 10.8 Å². The first-order valence-corrected chi connectivity index (χ1v) is 21.1. The molecule has 6 aliphatic rings. The van der Waals surface area contributed by atoms with Gasteiger partial charge in [-0.25, -0.2) is 0 Å². The first kappa shape index (κ1) is 39.5. The zero-order chi connectivity index (χ0) is 41.9. The summed E-state index contributed by atoms with van der Waals surface area (Å²) < 4.78 is 0. The van der Waals surface area contributed by atoms with Crippen molar-refractivity contribution < 1.29 is 24.0 Å². The van der Waals surface area contributed by atoms with Crippen LogP contribution >= 0.6 is 11.6 Å². The number of benzene rings is 3. The summed E-state index contributed by atoms with van der Waals surface area (Å²) in [7, 11) is 0. The van der Waals surface area contributed by atoms with Crippen LogP contribution in [0.5, 0.6) is 0 Å². The summed E-state index contributed by atoms with van der Waals surface area (Å²) in [4.78, 5) is 76.1. The number of rotatable bonds is 7. The van der Waals surface area contributed by atoms with Gasteiger partial charge in [0, 0.05) is 101 Å². The van der Waals surface area contributed by atoms with E-state index in [1.807, 2.05) is 34.1 Å². The SMILES string of the molecule is CC1N(c2ccc(C#N)c(Cl)c2)CCC12CCN(c1ccc(C(=O)N3CCN(CC4(C#N)CN(c5ccc6c(c5)C(=O)N(C5CCC(=O)NC5=O)C6=O)C4)CC3)cc1)CC2. The molecule has 3 aromatic carbocycles. The third kappa shape index (κ3) is 6.82. The monoisotopic (exact) mass is 827 g/mol. The topological polar surface area (TPSA) is 164 Å². The molecule has 5 fully saturated rings. The second-order valence-corrected chi connectivity index (χ2v) is 17.7. The molecule has 3 aromatic rings. The van der Waals surface area contributed by atoms with E-state index in [1.165, 1.54) is 0 Å². The Bertz CT molecular complexity index is 2370. The van der Waals surface area contributed by atoms with E-state index in [9.17, 15) is 34.5 Å². The van der Waals surface area contributed by atoms with Crippen molar-refractivity contribution in [3.8, 4) is 12.1 Å². The van der Waals surface area contributed by atoms with Crippen molar-refractivity contribution >= 4 is 58.2 Å². The second-order valence-electron chi connectivity index (χ2n) is 17.3. The van der Waals surface area contributed by atoms with Gasteiger partial charge in [-0.1, -0.05) is 11.6 Å². The number of nitriles is 2. The van der Waals surface area contributed by atoms with E-state index in [0.29, 0.717) is 68.0 Å². The fourth-order valence-corrected chi connectivity index (χ4v) is 10.6. The van der Waals surface area contributed by atoms with Gasteiger partial charge in [0.2, 0.25) is 11.8 Å². The Morgan fingerprint density at radius 2 is 1.47 bits per heavy atom. The van der Waals surface area contributed by atoms with Gasteiger partial charge in [-0.2, -0.15) is 10.5 Å². The van der Waals surface area contributed by atoms with Crippen molar-refractivity contribution in [1.29, 1.82) is 10.5 Å². The van der Waals surface area contributed by atoms with Crippen LogP contribution in [0.1, 0.15) is 75.7 Å². The number of piperidine rings is 2. The van der Waals surface area contributed by atoms with Crippen LogP contribution in [-0.4, -0.2) is 122 Å². The van der Waals surface area contributed by atoms with Gasteiger partial charge in [0.25, 0.3) is 17.7 Å². The molecule has 0 aliphatic carbocycles. The van der Waals surface area contributed by atoms with Crippen LogP contribution in [0.15, 0.2) is 60.7 Å². The molecule has 6 aliphatic heterocycles. The molecule has 5 saturated heterocycles. The Hall–Kier alpha value is -5.96. The molecule has 0 aromatic heterocycles. The van der Waals surface area contributed by atoms with Crippen LogP contribution in [0.2, 0.25) is 5.02 Å². The van der Waals surface area contributed by atoms with E-state index in [0.717, 1.165) is 60.9 Å². The number of halogens is 1. The highest BCUT2D eigenvalue weighted by molar-refractivity contribution is 6.32. The van der Waals surface area contributed by atoms with E-state index >= 15 is 0 Å². The smallest absolute Gasteiger partial charge is 0.262 e. The molecular formula is C45H46ClN9O5. The Morgan fingerprint density at radius 3 is 2.13 bits per heavy atom. The summed E-state index contributed by atoms with van der Waals surface area (Å²) in [6.45, 7) is 9.08. The predicted octanol–water partition coefficient (Wildman–Crippen LogP) is 4.29. The third-order valence-electron chi connectivity index (χ3n) is 14.0. The molecular weight excluding hydrogens is 782 g/mol. The molecule has 2 unspecified atom stereocenters. The van der Waals surface area contributed by atoms with Gasteiger partial charge in [-0.15, -0.1) is 0 Å². The van der Waals surface area contributed by atoms with E-state index in [4.69, 9.17) is 11.6 Å². The highest BCUT2D eigenvalue weighted by atomic mass is 35.5. The van der Waals surface area contributed by atoms with Crippen molar-refractivity contribution in [3.63, 3.8) is 0 Å². The lowest BCUT2D eigenvalue weighted by Gasteiger charge is -2.50. The molecule has 14 nitrogen and oxygen atoms in total. The Morgan fingerprint density at radius 1 is 0.800 bits per heavy atom. The minimum atomic E-state index is -1.03. The number of hydrogen-bond acceptors (Lipinski definition) is 11. The number of nitrogens with one attached hydrogen (secondary N) is 1. The van der Waals surface area contributed by atoms with Gasteiger partial charge in [0.05, 0.1) is 27.8 Å². The fourth-order valence-electron chi connectivity index (χ4n) is 10.3. The summed E-state index contributed by atoms with van der Waals surface area (Å²) >= 11 is 6.37. The summed E-state index contributed by atoms with van der Waals surface area (Å²) in [6.07, 6.45) is 3.43. The molecule has 308 valence electrons. The van der Waals surface area contributed by atoms with Crippen LogP contribution in [-0.2, 0) is 9.59 Å². The molecule has 0 bridgehead atoms. The number of fused-ring (bicyclic) bond motifs is 1. The maximum absolute atomic E-state index is 13.6. The van der Waals surface area contributed by atoms with Gasteiger partial charge < -0.3 is 19.6 Å². The maximum atomic E-state index is 13.6. The maximum Gasteiger partial charge on any atom is 0.262 e. The zero-order valence-corrected chi connectivity index (χ0v) is 34.3. The molecule has 15 heteroatoms. The van der Waals surface area contributed by atoms with Crippen LogP contribution in [0.3, 0.4) is 0 Å². The van der Waals surface area contributed by atoms with Crippen molar-refractivity contribution in [3.05, 3.63) is 87.9 Å². The van der Waals surface area contributed by atoms with Gasteiger partial charge in [0.1, 0.15) is 17.5 Å². The Kier molecular flexibility index (Phi) is 10.0. The van der Waals surface area contributed by atoms with Crippen molar-refractivity contribution in [1.82, 2.24) is 20.0 Å². The van der Waals surface area contributed by atoms with Gasteiger partial charge in [-0.3, -0.25) is 39.1 Å². The molecule has 0 radical (unpaired) electrons. The summed E-state index contributed by atoms with van der Waals surface area (Å²) in [5.74, 6) is -2.17. The molecule has 1 spiro atoms. The second kappa shape index (κ2) is 15.3. The average Bonchev–Trinajstić information content (AvgIpc) is 3.69. The average molecular weight is 828 g/mol. The number of hydrogen-bond donors (Lipinski definition) is 1. The number of carbonyl (C=O) groups excluding carboxylic acids is 5. The molecule has 1 N–H and O–H groups in total. The van der Waals surface area contributed by atoms with Crippen LogP contribution in [0.4, 0.5) is 17.1 Å². The molecule has 6 heterocycles. The van der Waals surface area contributed by atoms with E-state index in [-0.39, 0.29) is 35.3 Å².